The van der Waals surface area contributed by atoms with Gasteiger partial charge in [0.15, 0.2) is 0 Å². The van der Waals surface area contributed by atoms with E-state index < -0.39 is 6.10 Å². The Morgan fingerprint density at radius 2 is 1.89 bits per heavy atom. The molecule has 1 aliphatic rings. The zero-order valence-corrected chi connectivity index (χ0v) is 17.6. The number of nitrogens with zero attached hydrogens (tertiary/aromatic N) is 2. The van der Waals surface area contributed by atoms with Crippen molar-refractivity contribution in [3.8, 4) is 5.75 Å². The molecule has 154 valence electrons. The van der Waals surface area contributed by atoms with E-state index in [0.717, 1.165) is 18.8 Å². The second-order valence-electron chi connectivity index (χ2n) is 7.12. The minimum atomic E-state index is -0.561. The number of hydrogen-bond acceptors (Lipinski definition) is 5. The molecule has 0 saturated carbocycles. The minimum absolute atomic E-state index is 0. The Bertz CT molecular complexity index is 589. The maximum absolute atomic E-state index is 11.7. The molecule has 1 amide bonds. The molecule has 1 saturated heterocycles. The van der Waals surface area contributed by atoms with Gasteiger partial charge in [0, 0.05) is 32.7 Å². The first kappa shape index (κ1) is 23.5. The number of β-amino-alcohol motifs (C(OH)–C–C–N with tert-alkyl or cyclic N) is 1. The van der Waals surface area contributed by atoms with Gasteiger partial charge in [-0.05, 0) is 43.0 Å². The number of piperazine rings is 1. The van der Waals surface area contributed by atoms with E-state index in [1.54, 1.807) is 4.90 Å². The molecular formula is C20H33ClN2O4. The molecule has 1 aliphatic heterocycles. The van der Waals surface area contributed by atoms with Crippen molar-refractivity contribution in [2.24, 2.45) is 0 Å². The Morgan fingerprint density at radius 1 is 1.22 bits per heavy atom. The van der Waals surface area contributed by atoms with E-state index in [1.165, 1.54) is 11.1 Å². The summed E-state index contributed by atoms with van der Waals surface area (Å²) in [6, 6.07) is 6.09. The van der Waals surface area contributed by atoms with E-state index >= 15 is 0 Å². The zero-order chi connectivity index (χ0) is 19.1. The Hall–Kier alpha value is -1.50. The highest BCUT2D eigenvalue weighted by Gasteiger charge is 2.23. The van der Waals surface area contributed by atoms with Gasteiger partial charge < -0.3 is 19.5 Å². The van der Waals surface area contributed by atoms with Gasteiger partial charge in [-0.1, -0.05) is 19.9 Å². The number of rotatable bonds is 7. The molecule has 27 heavy (non-hydrogen) atoms. The van der Waals surface area contributed by atoms with Crippen LogP contribution in [0.1, 0.15) is 37.8 Å². The molecule has 6 nitrogen and oxygen atoms in total. The number of carbonyl (C=O) groups is 1. The van der Waals surface area contributed by atoms with Gasteiger partial charge in [0.1, 0.15) is 18.5 Å². The first-order valence-electron chi connectivity index (χ1n) is 9.46. The average Bonchev–Trinajstić information content (AvgIpc) is 2.60. The molecule has 1 N–H and O–H groups in total. The number of aliphatic hydroxyl groups excluding tert-OH is 1. The normalized spacial score (nSPS) is 16.0. The predicted octanol–water partition coefficient (Wildman–Crippen LogP) is 3.05. The van der Waals surface area contributed by atoms with Crippen molar-refractivity contribution in [3.63, 3.8) is 0 Å². The van der Waals surface area contributed by atoms with Gasteiger partial charge in [-0.2, -0.15) is 0 Å². The third-order valence-electron chi connectivity index (χ3n) is 4.67. The molecule has 7 heteroatoms. The van der Waals surface area contributed by atoms with Crippen LogP contribution in [-0.2, 0) is 4.74 Å². The number of benzene rings is 1. The third kappa shape index (κ3) is 7.20. The van der Waals surface area contributed by atoms with Crippen LogP contribution < -0.4 is 4.74 Å². The van der Waals surface area contributed by atoms with Crippen molar-refractivity contribution in [2.75, 3.05) is 45.9 Å². The fourth-order valence-electron chi connectivity index (χ4n) is 3.26. The van der Waals surface area contributed by atoms with Gasteiger partial charge in [-0.25, -0.2) is 4.79 Å². The highest BCUT2D eigenvalue weighted by Crippen LogP contribution is 2.23. The van der Waals surface area contributed by atoms with Crippen molar-refractivity contribution >= 4 is 18.5 Å². The van der Waals surface area contributed by atoms with Crippen molar-refractivity contribution in [1.82, 2.24) is 9.80 Å². The average molecular weight is 401 g/mol. The number of hydrogen-bond donors (Lipinski definition) is 1. The summed E-state index contributed by atoms with van der Waals surface area (Å²) in [6.45, 7) is 12.2. The van der Waals surface area contributed by atoms with Crippen LogP contribution in [0.4, 0.5) is 4.79 Å². The summed E-state index contributed by atoms with van der Waals surface area (Å²) in [4.78, 5) is 15.6. The smallest absolute Gasteiger partial charge is 0.409 e. The molecule has 0 bridgehead atoms. The first-order chi connectivity index (χ1) is 12.4. The van der Waals surface area contributed by atoms with Crippen molar-refractivity contribution in [1.29, 1.82) is 0 Å². The second-order valence-corrected chi connectivity index (χ2v) is 7.12. The maximum atomic E-state index is 11.7. The van der Waals surface area contributed by atoms with Gasteiger partial charge >= 0.3 is 6.09 Å². The molecule has 0 radical (unpaired) electrons. The lowest BCUT2D eigenvalue weighted by Crippen LogP contribution is -2.51. The van der Waals surface area contributed by atoms with Gasteiger partial charge in [0.25, 0.3) is 0 Å². The number of aryl methyl sites for hydroxylation is 1. The number of halogens is 1. The molecule has 1 unspecified atom stereocenters. The van der Waals surface area contributed by atoms with E-state index in [-0.39, 0.29) is 25.1 Å². The lowest BCUT2D eigenvalue weighted by Gasteiger charge is -2.34. The molecule has 2 rings (SSSR count). The van der Waals surface area contributed by atoms with Crippen LogP contribution in [0, 0.1) is 6.92 Å². The summed E-state index contributed by atoms with van der Waals surface area (Å²) in [5.74, 6) is 1.28. The maximum Gasteiger partial charge on any atom is 0.409 e. The quantitative estimate of drug-likeness (QED) is 0.762. The molecule has 1 aromatic carbocycles. The lowest BCUT2D eigenvalue weighted by atomic mass is 9.98. The Balaban J connectivity index is 0.00000364. The van der Waals surface area contributed by atoms with E-state index in [4.69, 9.17) is 9.47 Å². The highest BCUT2D eigenvalue weighted by molar-refractivity contribution is 5.85. The van der Waals surface area contributed by atoms with Gasteiger partial charge in [-0.15, -0.1) is 12.4 Å². The summed E-state index contributed by atoms with van der Waals surface area (Å²) >= 11 is 0. The SMILES string of the molecule is CCOC(=O)N1CCN(CC(O)COc2ccc(C(C)C)c(C)c2)CC1.Cl. The minimum Gasteiger partial charge on any atom is -0.491 e. The van der Waals surface area contributed by atoms with E-state index in [0.29, 0.717) is 32.2 Å². The fourth-order valence-corrected chi connectivity index (χ4v) is 3.26. The van der Waals surface area contributed by atoms with Gasteiger partial charge in [0.05, 0.1) is 6.61 Å². The third-order valence-corrected chi connectivity index (χ3v) is 4.67. The summed E-state index contributed by atoms with van der Waals surface area (Å²) in [5.41, 5.74) is 2.53. The monoisotopic (exact) mass is 400 g/mol. The van der Waals surface area contributed by atoms with E-state index in [9.17, 15) is 9.90 Å². The summed E-state index contributed by atoms with van der Waals surface area (Å²) in [7, 11) is 0. The number of amides is 1. The lowest BCUT2D eigenvalue weighted by molar-refractivity contribution is 0.0407. The molecule has 0 spiro atoms. The van der Waals surface area contributed by atoms with Crippen LogP contribution in [0.3, 0.4) is 0 Å². The second kappa shape index (κ2) is 11.4. The number of carbonyl (C=O) groups excluding carboxylic acids is 1. The largest absolute Gasteiger partial charge is 0.491 e. The topological polar surface area (TPSA) is 62.2 Å². The van der Waals surface area contributed by atoms with E-state index in [2.05, 4.69) is 31.7 Å². The standard InChI is InChI=1S/C20H32N2O4.ClH/c1-5-25-20(24)22-10-8-21(9-11-22)13-17(23)14-26-18-6-7-19(15(2)3)16(4)12-18;/h6-7,12,15,17,23H,5,8-11,13-14H2,1-4H3;1H. The first-order valence-corrected chi connectivity index (χ1v) is 9.46. The number of aliphatic hydroxyl groups is 1. The Kier molecular flexibility index (Phi) is 9.91. The fraction of sp³-hybridized carbons (Fsp3) is 0.650. The molecule has 0 aliphatic carbocycles. The van der Waals surface area contributed by atoms with E-state index in [1.807, 2.05) is 19.1 Å². The molecule has 1 aromatic rings. The van der Waals surface area contributed by atoms with Gasteiger partial charge in [0.2, 0.25) is 0 Å². The van der Waals surface area contributed by atoms with Crippen LogP contribution in [0.15, 0.2) is 18.2 Å². The molecular weight excluding hydrogens is 368 g/mol. The molecule has 0 aromatic heterocycles. The van der Waals surface area contributed by atoms with Gasteiger partial charge in [-0.3, -0.25) is 4.90 Å². The van der Waals surface area contributed by atoms with Crippen LogP contribution in [-0.4, -0.2) is 73.0 Å². The predicted molar refractivity (Wildman–Crippen MR) is 109 cm³/mol. The highest BCUT2D eigenvalue weighted by atomic mass is 35.5. The molecule has 1 atom stereocenters. The van der Waals surface area contributed by atoms with Crippen LogP contribution in [0.25, 0.3) is 0 Å². The molecule has 1 fully saturated rings. The Morgan fingerprint density at radius 3 is 2.44 bits per heavy atom. The van der Waals surface area contributed by atoms with Crippen LogP contribution in [0.2, 0.25) is 0 Å². The van der Waals surface area contributed by atoms with Crippen LogP contribution >= 0.6 is 12.4 Å². The van der Waals surface area contributed by atoms with Crippen molar-refractivity contribution < 1.29 is 19.4 Å². The summed E-state index contributed by atoms with van der Waals surface area (Å²) in [6.07, 6.45) is -0.814. The zero-order valence-electron chi connectivity index (χ0n) is 16.8. The Labute approximate surface area is 168 Å². The summed E-state index contributed by atoms with van der Waals surface area (Å²) < 4.78 is 10.8. The summed E-state index contributed by atoms with van der Waals surface area (Å²) in [5, 5.41) is 10.3. The van der Waals surface area contributed by atoms with Crippen LogP contribution in [0.5, 0.6) is 5.75 Å². The van der Waals surface area contributed by atoms with Crippen molar-refractivity contribution in [2.45, 2.75) is 39.7 Å². The van der Waals surface area contributed by atoms with Crippen molar-refractivity contribution in [3.05, 3.63) is 29.3 Å². The molecule has 1 heterocycles. The number of ether oxygens (including phenoxy) is 2.